The number of nitro groups is 1. The van der Waals surface area contributed by atoms with Gasteiger partial charge < -0.3 is 5.32 Å². The number of nitrogens with zero attached hydrogens (tertiary/aromatic N) is 3. The molecule has 0 unspecified atom stereocenters. The van der Waals surface area contributed by atoms with Crippen molar-refractivity contribution >= 4 is 51.2 Å². The van der Waals surface area contributed by atoms with Crippen molar-refractivity contribution in [3.05, 3.63) is 62.3 Å². The van der Waals surface area contributed by atoms with Crippen LogP contribution >= 0.6 is 34.4 Å². The molecule has 128 valence electrons. The molecule has 3 aromatic rings. The molecule has 0 radical (unpaired) electrons. The summed E-state index contributed by atoms with van der Waals surface area (Å²) in [5.74, 6) is 0.501. The van der Waals surface area contributed by atoms with E-state index in [0.29, 0.717) is 17.3 Å². The Morgan fingerprint density at radius 3 is 2.72 bits per heavy atom. The van der Waals surface area contributed by atoms with E-state index in [9.17, 15) is 14.9 Å². The summed E-state index contributed by atoms with van der Waals surface area (Å²) in [6, 6.07) is 10.2. The number of thioether (sulfide) groups is 1. The lowest BCUT2D eigenvalue weighted by Gasteiger charge is -1.99. The van der Waals surface area contributed by atoms with Crippen molar-refractivity contribution < 1.29 is 9.72 Å². The van der Waals surface area contributed by atoms with Crippen molar-refractivity contribution in [1.82, 2.24) is 10.2 Å². The molecule has 3 rings (SSSR count). The number of carbonyl (C=O) groups is 1. The summed E-state index contributed by atoms with van der Waals surface area (Å²) in [4.78, 5) is 23.1. The topological polar surface area (TPSA) is 98.0 Å². The summed E-state index contributed by atoms with van der Waals surface area (Å²) in [6.45, 7) is 0. The molecular weight excluding hydrogens is 380 g/mol. The molecule has 1 amide bonds. The predicted octanol–water partition coefficient (Wildman–Crippen LogP) is 3.98. The number of thiophene rings is 1. The van der Waals surface area contributed by atoms with Crippen LogP contribution in [0.15, 0.2) is 46.1 Å². The van der Waals surface area contributed by atoms with E-state index >= 15 is 0 Å². The first-order valence-electron chi connectivity index (χ1n) is 7.12. The normalized spacial score (nSPS) is 10.6. The van der Waals surface area contributed by atoms with Gasteiger partial charge in [-0.1, -0.05) is 41.3 Å². The van der Waals surface area contributed by atoms with Gasteiger partial charge in [0.25, 0.3) is 5.69 Å². The van der Waals surface area contributed by atoms with Crippen molar-refractivity contribution in [3.8, 4) is 0 Å². The van der Waals surface area contributed by atoms with E-state index in [0.717, 1.165) is 14.8 Å². The highest BCUT2D eigenvalue weighted by Gasteiger charge is 2.10. The third-order valence-electron chi connectivity index (χ3n) is 3.08. The molecule has 0 atom stereocenters. The third-order valence-corrected chi connectivity index (χ3v) is 6.00. The molecule has 1 N–H and O–H groups in total. The number of hydrogen-bond acceptors (Lipinski definition) is 8. The molecule has 0 aliphatic carbocycles. The van der Waals surface area contributed by atoms with Crippen molar-refractivity contribution in [1.29, 1.82) is 0 Å². The fourth-order valence-electron chi connectivity index (χ4n) is 1.91. The SMILES string of the molecule is O=C(Cc1cccs1)Nc1nnc(SCc2ccc([N+](=O)[O-])cc2)s1. The van der Waals surface area contributed by atoms with Crippen molar-refractivity contribution in [2.75, 3.05) is 5.32 Å². The van der Waals surface area contributed by atoms with E-state index in [1.807, 2.05) is 17.5 Å². The predicted molar refractivity (Wildman–Crippen MR) is 99.2 cm³/mol. The van der Waals surface area contributed by atoms with Crippen LogP contribution in [0.2, 0.25) is 0 Å². The van der Waals surface area contributed by atoms with Gasteiger partial charge in [0.15, 0.2) is 4.34 Å². The molecule has 0 saturated carbocycles. The molecule has 0 aliphatic rings. The Kier molecular flexibility index (Phi) is 5.74. The van der Waals surface area contributed by atoms with Crippen LogP contribution in [0, 0.1) is 10.1 Å². The summed E-state index contributed by atoms with van der Waals surface area (Å²) >= 11 is 4.31. The van der Waals surface area contributed by atoms with E-state index in [2.05, 4.69) is 15.5 Å². The Morgan fingerprint density at radius 2 is 2.04 bits per heavy atom. The Hall–Kier alpha value is -2.30. The van der Waals surface area contributed by atoms with Gasteiger partial charge in [0.2, 0.25) is 11.0 Å². The maximum atomic E-state index is 11.9. The molecule has 0 bridgehead atoms. The second kappa shape index (κ2) is 8.19. The van der Waals surface area contributed by atoms with E-state index in [-0.39, 0.29) is 11.6 Å². The highest BCUT2D eigenvalue weighted by molar-refractivity contribution is 8.00. The Labute approximate surface area is 155 Å². The zero-order chi connectivity index (χ0) is 17.6. The molecule has 25 heavy (non-hydrogen) atoms. The van der Waals surface area contributed by atoms with Gasteiger partial charge in [-0.2, -0.15) is 0 Å². The first-order valence-corrected chi connectivity index (χ1v) is 9.80. The lowest BCUT2D eigenvalue weighted by atomic mass is 10.2. The monoisotopic (exact) mass is 392 g/mol. The minimum absolute atomic E-state index is 0.0698. The van der Waals surface area contributed by atoms with Gasteiger partial charge in [0.05, 0.1) is 11.3 Å². The first kappa shape index (κ1) is 17.5. The second-order valence-corrected chi connectivity index (χ2v) is 8.12. The second-order valence-electron chi connectivity index (χ2n) is 4.89. The number of nitrogens with one attached hydrogen (secondary N) is 1. The maximum Gasteiger partial charge on any atom is 0.269 e. The van der Waals surface area contributed by atoms with Gasteiger partial charge in [-0.05, 0) is 17.0 Å². The standard InChI is InChI=1S/C15H12N4O3S3/c20-13(8-12-2-1-7-23-12)16-14-17-18-15(25-14)24-9-10-3-5-11(6-4-10)19(21)22/h1-7H,8-9H2,(H,16,17,20). The molecule has 2 heterocycles. The zero-order valence-electron chi connectivity index (χ0n) is 12.7. The van der Waals surface area contributed by atoms with Crippen molar-refractivity contribution in [2.45, 2.75) is 16.5 Å². The number of rotatable bonds is 7. The number of anilines is 1. The summed E-state index contributed by atoms with van der Waals surface area (Å²) in [5.41, 5.74) is 1.02. The minimum atomic E-state index is -0.424. The van der Waals surface area contributed by atoms with Crippen molar-refractivity contribution in [3.63, 3.8) is 0 Å². The molecule has 0 fully saturated rings. The van der Waals surface area contributed by atoms with Gasteiger partial charge in [-0.15, -0.1) is 21.5 Å². The molecular formula is C15H12N4O3S3. The number of carbonyl (C=O) groups excluding carboxylic acids is 1. The lowest BCUT2D eigenvalue weighted by Crippen LogP contribution is -2.13. The van der Waals surface area contributed by atoms with Crippen LogP contribution in [0.4, 0.5) is 10.8 Å². The molecule has 10 heteroatoms. The van der Waals surface area contributed by atoms with Gasteiger partial charge >= 0.3 is 0 Å². The van der Waals surface area contributed by atoms with Gasteiger partial charge in [0.1, 0.15) is 0 Å². The molecule has 0 saturated heterocycles. The fraction of sp³-hybridized carbons (Fsp3) is 0.133. The maximum absolute atomic E-state index is 11.9. The van der Waals surface area contributed by atoms with Gasteiger partial charge in [0, 0.05) is 22.8 Å². The molecule has 2 aromatic heterocycles. The third kappa shape index (κ3) is 5.08. The van der Waals surface area contributed by atoms with Gasteiger partial charge in [-0.25, -0.2) is 0 Å². The van der Waals surface area contributed by atoms with Crippen molar-refractivity contribution in [2.24, 2.45) is 0 Å². The minimum Gasteiger partial charge on any atom is -0.300 e. The highest BCUT2D eigenvalue weighted by atomic mass is 32.2. The summed E-state index contributed by atoms with van der Waals surface area (Å²) < 4.78 is 0.727. The molecule has 0 spiro atoms. The highest BCUT2D eigenvalue weighted by Crippen LogP contribution is 2.29. The van der Waals surface area contributed by atoms with Crippen LogP contribution in [-0.4, -0.2) is 21.0 Å². The fourth-order valence-corrected chi connectivity index (χ4v) is 4.34. The van der Waals surface area contributed by atoms with Crippen LogP contribution in [-0.2, 0) is 17.0 Å². The average molecular weight is 392 g/mol. The van der Waals surface area contributed by atoms with Crippen LogP contribution in [0.5, 0.6) is 0 Å². The number of benzene rings is 1. The van der Waals surface area contributed by atoms with E-state index in [1.54, 1.807) is 12.1 Å². The number of nitro benzene ring substituents is 1. The Bertz CT molecular complexity index is 863. The summed E-state index contributed by atoms with van der Waals surface area (Å²) in [5, 5.41) is 23.8. The number of hydrogen-bond donors (Lipinski definition) is 1. The van der Waals surface area contributed by atoms with Crippen LogP contribution in [0.1, 0.15) is 10.4 Å². The summed E-state index contributed by atoms with van der Waals surface area (Å²) in [6.07, 6.45) is 0.322. The number of non-ortho nitro benzene ring substituents is 1. The molecule has 7 nitrogen and oxygen atoms in total. The van der Waals surface area contributed by atoms with E-state index < -0.39 is 4.92 Å². The Balaban J connectivity index is 1.51. The first-order chi connectivity index (χ1) is 12.1. The number of aromatic nitrogens is 2. The molecule has 0 aliphatic heterocycles. The largest absolute Gasteiger partial charge is 0.300 e. The van der Waals surface area contributed by atoms with Gasteiger partial charge in [-0.3, -0.25) is 14.9 Å². The quantitative estimate of drug-likeness (QED) is 0.283. The molecule has 1 aromatic carbocycles. The van der Waals surface area contributed by atoms with Crippen LogP contribution in [0.3, 0.4) is 0 Å². The van der Waals surface area contributed by atoms with E-state index in [1.165, 1.54) is 46.6 Å². The van der Waals surface area contributed by atoms with Crippen LogP contribution < -0.4 is 5.32 Å². The zero-order valence-corrected chi connectivity index (χ0v) is 15.2. The van der Waals surface area contributed by atoms with E-state index in [4.69, 9.17) is 0 Å². The lowest BCUT2D eigenvalue weighted by molar-refractivity contribution is -0.384. The summed E-state index contributed by atoms with van der Waals surface area (Å²) in [7, 11) is 0. The number of amides is 1. The average Bonchev–Trinajstić information content (AvgIpc) is 3.25. The smallest absolute Gasteiger partial charge is 0.269 e. The van der Waals surface area contributed by atoms with Crippen LogP contribution in [0.25, 0.3) is 0 Å². The Morgan fingerprint density at radius 1 is 1.24 bits per heavy atom.